The fraction of sp³-hybridized carbons (Fsp3) is 0.333. The minimum atomic E-state index is -1.26. The van der Waals surface area contributed by atoms with Gasteiger partial charge in [0.1, 0.15) is 18.1 Å². The Hall–Kier alpha value is -1.07. The van der Waals surface area contributed by atoms with Crippen LogP contribution in [-0.4, -0.2) is 46.2 Å². The third-order valence-corrected chi connectivity index (χ3v) is 4.87. The number of benzene rings is 1. The molecule has 0 aliphatic carbocycles. The molecule has 0 spiro atoms. The Labute approximate surface area is 147 Å². The second kappa shape index (κ2) is 8.15. The number of terminal acetylenes is 1. The lowest BCUT2D eigenvalue weighted by molar-refractivity contribution is -0.0812. The number of hydrogen-bond acceptors (Lipinski definition) is 6. The van der Waals surface area contributed by atoms with Crippen LogP contribution in [0.3, 0.4) is 0 Å². The minimum absolute atomic E-state index is 0.106. The summed E-state index contributed by atoms with van der Waals surface area (Å²) < 4.78 is 10.7. The number of aliphatic hydroxyl groups is 3. The van der Waals surface area contributed by atoms with Crippen molar-refractivity contribution < 1.29 is 24.8 Å². The molecule has 1 heterocycles. The number of rotatable bonds is 5. The maximum Gasteiger partial charge on any atom is 0.170 e. The summed E-state index contributed by atoms with van der Waals surface area (Å²) >= 11 is 13.0. The van der Waals surface area contributed by atoms with E-state index in [1.807, 2.05) is 0 Å². The van der Waals surface area contributed by atoms with Gasteiger partial charge in [0.2, 0.25) is 0 Å². The van der Waals surface area contributed by atoms with Gasteiger partial charge in [0, 0.05) is 4.90 Å². The summed E-state index contributed by atoms with van der Waals surface area (Å²) in [5.41, 5.74) is -0.826. The molecule has 3 N–H and O–H groups in total. The molecule has 0 fully saturated rings. The summed E-state index contributed by atoms with van der Waals surface area (Å²) in [6.07, 6.45) is 2.85. The summed E-state index contributed by atoms with van der Waals surface area (Å²) in [6.45, 7) is -0.599. The lowest BCUT2D eigenvalue weighted by Gasteiger charge is -2.33. The highest BCUT2D eigenvalue weighted by atomic mass is 35.5. The maximum atomic E-state index is 10.3. The SMILES string of the molecule is C#CCOC1=C(O)C(CO)O[C@H](Sc2ccc(Cl)c(Cl)c2)C1O. The van der Waals surface area contributed by atoms with Crippen LogP contribution < -0.4 is 0 Å². The molecule has 5 nitrogen and oxygen atoms in total. The fourth-order valence-corrected chi connectivity index (χ4v) is 3.33. The number of thioether (sulfide) groups is 1. The van der Waals surface area contributed by atoms with Crippen molar-refractivity contribution in [1.82, 2.24) is 0 Å². The summed E-state index contributed by atoms with van der Waals surface area (Å²) in [5.74, 6) is 1.77. The lowest BCUT2D eigenvalue weighted by atomic mass is 10.1. The number of hydrogen-bond donors (Lipinski definition) is 3. The zero-order valence-electron chi connectivity index (χ0n) is 11.8. The van der Waals surface area contributed by atoms with Crippen LogP contribution >= 0.6 is 35.0 Å². The van der Waals surface area contributed by atoms with E-state index in [4.69, 9.17) is 39.1 Å². The molecule has 8 heteroatoms. The van der Waals surface area contributed by atoms with Gasteiger partial charge in [0.25, 0.3) is 0 Å². The molecule has 1 aromatic carbocycles. The Balaban J connectivity index is 2.22. The van der Waals surface area contributed by atoms with Crippen LogP contribution in [0.25, 0.3) is 0 Å². The molecule has 3 atom stereocenters. The van der Waals surface area contributed by atoms with E-state index in [9.17, 15) is 15.3 Å². The molecule has 0 amide bonds. The molecular formula is C15H14Cl2O5S. The van der Waals surface area contributed by atoms with Crippen molar-refractivity contribution >= 4 is 35.0 Å². The molecule has 0 bridgehead atoms. The van der Waals surface area contributed by atoms with Crippen LogP contribution in [0, 0.1) is 12.3 Å². The molecule has 0 saturated heterocycles. The van der Waals surface area contributed by atoms with Gasteiger partial charge in [-0.25, -0.2) is 0 Å². The number of ether oxygens (including phenoxy) is 2. The summed E-state index contributed by atoms with van der Waals surface area (Å²) in [5, 5.41) is 30.4. The molecule has 1 aliphatic heterocycles. The molecule has 124 valence electrons. The van der Waals surface area contributed by atoms with E-state index in [2.05, 4.69) is 5.92 Å². The first-order valence-electron chi connectivity index (χ1n) is 6.53. The first-order valence-corrected chi connectivity index (χ1v) is 8.16. The van der Waals surface area contributed by atoms with Gasteiger partial charge < -0.3 is 24.8 Å². The normalized spacial score (nSPS) is 24.4. The topological polar surface area (TPSA) is 79.2 Å². The second-order valence-electron chi connectivity index (χ2n) is 4.56. The van der Waals surface area contributed by atoms with E-state index in [1.165, 1.54) is 0 Å². The van der Waals surface area contributed by atoms with E-state index < -0.39 is 24.3 Å². The van der Waals surface area contributed by atoms with Gasteiger partial charge in [0.15, 0.2) is 17.6 Å². The molecule has 0 radical (unpaired) electrons. The average molecular weight is 377 g/mol. The van der Waals surface area contributed by atoms with Crippen LogP contribution in [0.5, 0.6) is 0 Å². The zero-order valence-corrected chi connectivity index (χ0v) is 14.1. The van der Waals surface area contributed by atoms with Gasteiger partial charge in [0.05, 0.1) is 16.7 Å². The van der Waals surface area contributed by atoms with Crippen LogP contribution in [-0.2, 0) is 9.47 Å². The van der Waals surface area contributed by atoms with Crippen molar-refractivity contribution in [3.63, 3.8) is 0 Å². The first kappa shape index (κ1) is 18.3. The summed E-state index contributed by atoms with van der Waals surface area (Å²) in [6, 6.07) is 4.95. The van der Waals surface area contributed by atoms with Crippen molar-refractivity contribution in [2.75, 3.05) is 13.2 Å². The van der Waals surface area contributed by atoms with Gasteiger partial charge in [-0.15, -0.1) is 6.42 Å². The first-order chi connectivity index (χ1) is 11.0. The second-order valence-corrected chi connectivity index (χ2v) is 6.54. The van der Waals surface area contributed by atoms with Gasteiger partial charge in [-0.2, -0.15) is 0 Å². The minimum Gasteiger partial charge on any atom is -0.506 e. The Morgan fingerprint density at radius 3 is 2.70 bits per heavy atom. The third kappa shape index (κ3) is 4.27. The molecule has 2 unspecified atom stereocenters. The molecular weight excluding hydrogens is 363 g/mol. The van der Waals surface area contributed by atoms with Gasteiger partial charge in [-0.3, -0.25) is 0 Å². The molecule has 1 aromatic rings. The monoisotopic (exact) mass is 376 g/mol. The third-order valence-electron chi connectivity index (χ3n) is 3.00. The average Bonchev–Trinajstić information content (AvgIpc) is 2.53. The van der Waals surface area contributed by atoms with Crippen LogP contribution in [0.4, 0.5) is 0 Å². The highest BCUT2D eigenvalue weighted by Crippen LogP contribution is 2.37. The van der Waals surface area contributed by atoms with Gasteiger partial charge in [-0.05, 0) is 18.2 Å². The highest BCUT2D eigenvalue weighted by molar-refractivity contribution is 7.99. The van der Waals surface area contributed by atoms with E-state index in [1.54, 1.807) is 18.2 Å². The maximum absolute atomic E-state index is 10.3. The van der Waals surface area contributed by atoms with Crippen LogP contribution in [0.1, 0.15) is 0 Å². The van der Waals surface area contributed by atoms with Crippen molar-refractivity contribution in [2.24, 2.45) is 0 Å². The smallest absolute Gasteiger partial charge is 0.170 e. The Bertz CT molecular complexity index is 643. The summed E-state index contributed by atoms with van der Waals surface area (Å²) in [4.78, 5) is 0.692. The van der Waals surface area contributed by atoms with Crippen molar-refractivity contribution in [2.45, 2.75) is 22.5 Å². The lowest BCUT2D eigenvalue weighted by Crippen LogP contribution is -2.41. The van der Waals surface area contributed by atoms with Crippen molar-refractivity contribution in [1.29, 1.82) is 0 Å². The zero-order chi connectivity index (χ0) is 17.0. The standard InChI is InChI=1S/C15H14Cl2O5S/c1-2-5-21-14-12(19)11(7-18)22-15(13(14)20)23-8-3-4-9(16)10(17)6-8/h1,3-4,6,11,13,15,18-20H,5,7H2/t11?,13?,15-/m1/s1. The molecule has 1 aliphatic rings. The van der Waals surface area contributed by atoms with E-state index >= 15 is 0 Å². The van der Waals surface area contributed by atoms with Gasteiger partial charge in [-0.1, -0.05) is 40.9 Å². The van der Waals surface area contributed by atoms with E-state index in [0.29, 0.717) is 14.9 Å². The van der Waals surface area contributed by atoms with Crippen molar-refractivity contribution in [3.8, 4) is 12.3 Å². The quantitative estimate of drug-likeness (QED) is 0.685. The molecule has 0 aromatic heterocycles. The van der Waals surface area contributed by atoms with Crippen LogP contribution in [0.2, 0.25) is 10.0 Å². The molecule has 2 rings (SSSR count). The highest BCUT2D eigenvalue weighted by Gasteiger charge is 2.39. The van der Waals surface area contributed by atoms with Crippen molar-refractivity contribution in [3.05, 3.63) is 39.8 Å². The molecule has 0 saturated carbocycles. The van der Waals surface area contributed by atoms with Crippen LogP contribution in [0.15, 0.2) is 34.6 Å². The number of aliphatic hydroxyl groups excluding tert-OH is 3. The largest absolute Gasteiger partial charge is 0.506 e. The molecule has 23 heavy (non-hydrogen) atoms. The van der Waals surface area contributed by atoms with Gasteiger partial charge >= 0.3 is 0 Å². The van der Waals surface area contributed by atoms with E-state index in [-0.39, 0.29) is 18.1 Å². The number of halogens is 2. The Morgan fingerprint density at radius 2 is 2.09 bits per heavy atom. The fourth-order valence-electron chi connectivity index (χ4n) is 1.92. The predicted octanol–water partition coefficient (Wildman–Crippen LogP) is 2.58. The van der Waals surface area contributed by atoms with E-state index in [0.717, 1.165) is 11.8 Å². The predicted molar refractivity (Wildman–Crippen MR) is 88.5 cm³/mol. The Morgan fingerprint density at radius 1 is 1.35 bits per heavy atom. The Kier molecular flexibility index (Phi) is 6.48. The summed E-state index contributed by atoms with van der Waals surface area (Å²) in [7, 11) is 0.